The van der Waals surface area contributed by atoms with E-state index >= 15 is 0 Å². The Kier molecular flexibility index (Phi) is 6.58. The van der Waals surface area contributed by atoms with Crippen LogP contribution in [0.25, 0.3) is 17.0 Å². The van der Waals surface area contributed by atoms with E-state index in [9.17, 15) is 22.8 Å². The number of amides is 2. The minimum atomic E-state index is -4.54. The lowest BCUT2D eigenvalue weighted by atomic mass is 10.1. The molecule has 2 fully saturated rings. The normalized spacial score (nSPS) is 19.2. The van der Waals surface area contributed by atoms with Crippen LogP contribution in [0.4, 0.5) is 18.0 Å². The Balaban J connectivity index is 1.38. The Morgan fingerprint density at radius 1 is 1.08 bits per heavy atom. The second kappa shape index (κ2) is 9.55. The van der Waals surface area contributed by atoms with Gasteiger partial charge >= 0.3 is 11.4 Å². The number of imide groups is 1. The molecule has 1 aromatic heterocycles. The summed E-state index contributed by atoms with van der Waals surface area (Å²) in [4.78, 5) is 28.0. The van der Waals surface area contributed by atoms with Crippen LogP contribution in [0.3, 0.4) is 0 Å². The Morgan fingerprint density at radius 2 is 1.83 bits per heavy atom. The summed E-state index contributed by atoms with van der Waals surface area (Å²) >= 11 is 6.68. The van der Waals surface area contributed by atoms with Gasteiger partial charge in [-0.2, -0.15) is 23.3 Å². The van der Waals surface area contributed by atoms with Crippen molar-refractivity contribution in [3.05, 3.63) is 69.2 Å². The molecule has 0 atom stereocenters. The van der Waals surface area contributed by atoms with Gasteiger partial charge in [-0.1, -0.05) is 23.7 Å². The number of aromatic nitrogens is 2. The Morgan fingerprint density at radius 3 is 2.56 bits per heavy atom. The predicted octanol–water partition coefficient (Wildman–Crippen LogP) is 4.96. The molecule has 2 saturated heterocycles. The van der Waals surface area contributed by atoms with E-state index in [0.717, 1.165) is 30.9 Å². The minimum Gasteiger partial charge on any atom is -0.304 e. The first-order chi connectivity index (χ1) is 17.1. The quantitative estimate of drug-likeness (QED) is 0.440. The van der Waals surface area contributed by atoms with Crippen LogP contribution in [-0.2, 0) is 17.5 Å². The van der Waals surface area contributed by atoms with Crippen LogP contribution in [-0.4, -0.2) is 69.1 Å². The zero-order valence-corrected chi connectivity index (χ0v) is 20.7. The summed E-state index contributed by atoms with van der Waals surface area (Å²) in [5.41, 5.74) is 0.582. The highest BCUT2D eigenvalue weighted by Crippen LogP contribution is 2.36. The lowest BCUT2D eigenvalue weighted by Crippen LogP contribution is -2.54. The van der Waals surface area contributed by atoms with Crippen LogP contribution in [0.1, 0.15) is 16.7 Å². The average molecular weight is 536 g/mol. The molecule has 0 spiro atoms. The number of hydrazine groups is 1. The highest BCUT2D eigenvalue weighted by atomic mass is 35.5. The van der Waals surface area contributed by atoms with Crippen LogP contribution in [0.15, 0.2) is 47.5 Å². The third-order valence-electron chi connectivity index (χ3n) is 6.20. The van der Waals surface area contributed by atoms with Crippen LogP contribution in [0, 0.1) is 0 Å². The molecule has 2 aromatic carbocycles. The summed E-state index contributed by atoms with van der Waals surface area (Å²) in [5.74, 6) is -0.354. The molecule has 188 valence electrons. The van der Waals surface area contributed by atoms with Gasteiger partial charge in [-0.25, -0.2) is 5.01 Å². The van der Waals surface area contributed by atoms with Crippen LogP contribution >= 0.6 is 23.4 Å². The number of rotatable bonds is 4. The molecule has 7 nitrogen and oxygen atoms in total. The molecule has 2 amide bonds. The number of hydrogen-bond donors (Lipinski definition) is 0. The number of nitrogens with zero attached hydrogens (tertiary/aromatic N) is 5. The summed E-state index contributed by atoms with van der Waals surface area (Å²) in [5, 5.41) is 7.64. The van der Waals surface area contributed by atoms with Gasteiger partial charge in [0.05, 0.1) is 28.7 Å². The Hall–Kier alpha value is -2.86. The molecular weight excluding hydrogens is 515 g/mol. The number of fused-ring (bicyclic) bond motifs is 1. The largest absolute Gasteiger partial charge is 0.416 e. The molecule has 3 aromatic rings. The molecule has 2 aliphatic heterocycles. The van der Waals surface area contributed by atoms with E-state index in [2.05, 4.69) is 10.00 Å². The van der Waals surface area contributed by atoms with E-state index in [-0.39, 0.29) is 28.3 Å². The number of alkyl halides is 3. The summed E-state index contributed by atoms with van der Waals surface area (Å²) in [7, 11) is 1.99. The van der Waals surface area contributed by atoms with Gasteiger partial charge in [0.1, 0.15) is 0 Å². The van der Waals surface area contributed by atoms with Crippen LogP contribution in [0.2, 0.25) is 5.02 Å². The third-order valence-corrected chi connectivity index (χ3v) is 7.29. The third kappa shape index (κ3) is 4.88. The standard InChI is InChI=1S/C24H21ClF3N5O2S/c1-30-6-8-31(9-7-30)33-22(34)21(36-23(33)35)11-15-2-5-20-17(10-15)13-29-32(20)14-16-3-4-18(25)12-19(16)24(26,27)28/h2-5,10-13H,6-9,14H2,1H3. The first-order valence-corrected chi connectivity index (χ1v) is 12.3. The zero-order chi connectivity index (χ0) is 25.6. The first-order valence-electron chi connectivity index (χ1n) is 11.1. The number of thioether (sulfide) groups is 1. The number of hydrogen-bond acceptors (Lipinski definition) is 6. The number of piperazine rings is 1. The van der Waals surface area contributed by atoms with Gasteiger partial charge in [0, 0.05) is 36.6 Å². The van der Waals surface area contributed by atoms with Gasteiger partial charge < -0.3 is 4.90 Å². The van der Waals surface area contributed by atoms with Crippen LogP contribution < -0.4 is 0 Å². The average Bonchev–Trinajstić information content (AvgIpc) is 3.34. The zero-order valence-electron chi connectivity index (χ0n) is 19.1. The number of likely N-dealkylation sites (N-methyl/N-ethyl adjacent to an activating group) is 1. The summed E-state index contributed by atoms with van der Waals surface area (Å²) in [6.45, 7) is 2.63. The van der Waals surface area contributed by atoms with Crippen molar-refractivity contribution in [2.45, 2.75) is 12.7 Å². The molecule has 36 heavy (non-hydrogen) atoms. The second-order valence-electron chi connectivity index (χ2n) is 8.67. The molecule has 0 radical (unpaired) electrons. The maximum atomic E-state index is 13.5. The van der Waals surface area contributed by atoms with Gasteiger partial charge in [0.25, 0.3) is 5.91 Å². The van der Waals surface area contributed by atoms with Crippen molar-refractivity contribution in [2.75, 3.05) is 33.2 Å². The minimum absolute atomic E-state index is 0.0121. The molecule has 12 heteroatoms. The number of benzene rings is 2. The maximum absolute atomic E-state index is 13.5. The van der Waals surface area contributed by atoms with Crippen molar-refractivity contribution in [2.24, 2.45) is 0 Å². The maximum Gasteiger partial charge on any atom is 0.416 e. The fourth-order valence-corrected chi connectivity index (χ4v) is 5.30. The molecule has 3 heterocycles. The van der Waals surface area contributed by atoms with E-state index in [4.69, 9.17) is 11.6 Å². The van der Waals surface area contributed by atoms with E-state index in [1.165, 1.54) is 21.8 Å². The molecular formula is C24H21ClF3N5O2S. The highest BCUT2D eigenvalue weighted by Gasteiger charge is 2.40. The fourth-order valence-electron chi connectivity index (χ4n) is 4.28. The van der Waals surface area contributed by atoms with Crippen molar-refractivity contribution in [1.29, 1.82) is 0 Å². The summed E-state index contributed by atoms with van der Waals surface area (Å²) in [6.07, 6.45) is -1.33. The SMILES string of the molecule is CN1CCN(N2C(=O)SC(=Cc3ccc4c(cnn4Cc4ccc(Cl)cc4C(F)(F)F)c3)C2=O)CC1. The first kappa shape index (κ1) is 24.8. The number of carbonyl (C=O) groups excluding carboxylic acids is 2. The smallest absolute Gasteiger partial charge is 0.304 e. The summed E-state index contributed by atoms with van der Waals surface area (Å²) in [6, 6.07) is 8.96. The van der Waals surface area contributed by atoms with Crippen LogP contribution in [0.5, 0.6) is 0 Å². The second-order valence-corrected chi connectivity index (χ2v) is 10.1. The van der Waals surface area contributed by atoms with E-state index in [1.54, 1.807) is 35.5 Å². The van der Waals surface area contributed by atoms with Gasteiger partial charge in [-0.15, -0.1) is 0 Å². The lowest BCUT2D eigenvalue weighted by molar-refractivity contribution is -0.138. The van der Waals surface area contributed by atoms with Gasteiger partial charge in [-0.3, -0.25) is 14.3 Å². The molecule has 0 N–H and O–H groups in total. The molecule has 2 aliphatic rings. The van der Waals surface area contributed by atoms with E-state index < -0.39 is 11.7 Å². The van der Waals surface area contributed by atoms with Crippen molar-refractivity contribution in [1.82, 2.24) is 24.7 Å². The van der Waals surface area contributed by atoms with Gasteiger partial charge in [0.2, 0.25) is 0 Å². The Bertz CT molecular complexity index is 1380. The van der Waals surface area contributed by atoms with Crippen molar-refractivity contribution in [3.63, 3.8) is 0 Å². The number of halogens is 4. The van der Waals surface area contributed by atoms with Gasteiger partial charge in [-0.05, 0) is 60.3 Å². The van der Waals surface area contributed by atoms with E-state index in [0.29, 0.717) is 34.5 Å². The number of carbonyl (C=O) groups is 2. The topological polar surface area (TPSA) is 61.7 Å². The molecule has 0 saturated carbocycles. The molecule has 0 unspecified atom stereocenters. The fraction of sp³-hybridized carbons (Fsp3) is 0.292. The van der Waals surface area contributed by atoms with Gasteiger partial charge in [0.15, 0.2) is 0 Å². The Labute approximate surface area is 214 Å². The molecule has 0 aliphatic carbocycles. The highest BCUT2D eigenvalue weighted by molar-refractivity contribution is 8.18. The van der Waals surface area contributed by atoms with Crippen molar-refractivity contribution < 1.29 is 22.8 Å². The van der Waals surface area contributed by atoms with Crippen molar-refractivity contribution in [3.8, 4) is 0 Å². The predicted molar refractivity (Wildman–Crippen MR) is 132 cm³/mol. The van der Waals surface area contributed by atoms with E-state index in [1.807, 2.05) is 7.05 Å². The van der Waals surface area contributed by atoms with Crippen molar-refractivity contribution >= 4 is 51.5 Å². The monoisotopic (exact) mass is 535 g/mol. The lowest BCUT2D eigenvalue weighted by Gasteiger charge is -2.36. The molecule has 5 rings (SSSR count). The molecule has 0 bridgehead atoms. The summed E-state index contributed by atoms with van der Waals surface area (Å²) < 4.78 is 41.9.